The molecule has 0 aliphatic heterocycles. The summed E-state index contributed by atoms with van der Waals surface area (Å²) in [6.07, 6.45) is 4.16. The summed E-state index contributed by atoms with van der Waals surface area (Å²) < 4.78 is 10.7. The molecule has 0 spiro atoms. The SMILES string of the molecule is COc1cc(C=Cc2ccc(N(c3ccc(C)cc3)c3ccc(C)cc3)cc2)cc(OC)c1. The smallest absolute Gasteiger partial charge is 0.123 e. The zero-order valence-corrected chi connectivity index (χ0v) is 19.6. The number of aryl methyl sites for hydroxylation is 2. The fraction of sp³-hybridized carbons (Fsp3) is 0.133. The Morgan fingerprint density at radius 1 is 0.515 bits per heavy atom. The first kappa shape index (κ1) is 22.2. The maximum Gasteiger partial charge on any atom is 0.123 e. The van der Waals surface area contributed by atoms with Gasteiger partial charge in [0.15, 0.2) is 0 Å². The van der Waals surface area contributed by atoms with Crippen molar-refractivity contribution in [2.24, 2.45) is 0 Å². The molecule has 4 rings (SSSR count). The molecule has 0 atom stereocenters. The van der Waals surface area contributed by atoms with E-state index in [-0.39, 0.29) is 0 Å². The number of hydrogen-bond acceptors (Lipinski definition) is 3. The van der Waals surface area contributed by atoms with Crippen molar-refractivity contribution >= 4 is 29.2 Å². The van der Waals surface area contributed by atoms with Gasteiger partial charge in [0.25, 0.3) is 0 Å². The molecule has 0 N–H and O–H groups in total. The molecule has 0 saturated heterocycles. The summed E-state index contributed by atoms with van der Waals surface area (Å²) in [6, 6.07) is 31.7. The maximum atomic E-state index is 5.37. The average molecular weight is 436 g/mol. The Kier molecular flexibility index (Phi) is 6.80. The van der Waals surface area contributed by atoms with Crippen LogP contribution in [0, 0.1) is 13.8 Å². The molecule has 0 saturated carbocycles. The third kappa shape index (κ3) is 5.45. The second-order valence-electron chi connectivity index (χ2n) is 8.08. The minimum absolute atomic E-state index is 0.774. The first-order valence-electron chi connectivity index (χ1n) is 11.0. The largest absolute Gasteiger partial charge is 0.497 e. The number of anilines is 3. The number of ether oxygens (including phenoxy) is 2. The second kappa shape index (κ2) is 10.1. The summed E-state index contributed by atoms with van der Waals surface area (Å²) in [6.45, 7) is 4.22. The summed E-state index contributed by atoms with van der Waals surface area (Å²) in [5.74, 6) is 1.55. The fourth-order valence-corrected chi connectivity index (χ4v) is 3.69. The lowest BCUT2D eigenvalue weighted by molar-refractivity contribution is 0.394. The molecule has 0 heterocycles. The van der Waals surface area contributed by atoms with Crippen LogP contribution in [0.1, 0.15) is 22.3 Å². The second-order valence-corrected chi connectivity index (χ2v) is 8.08. The Bertz CT molecular complexity index is 1160. The van der Waals surface area contributed by atoms with Gasteiger partial charge in [-0.1, -0.05) is 59.7 Å². The van der Waals surface area contributed by atoms with E-state index in [1.165, 1.54) is 11.1 Å². The van der Waals surface area contributed by atoms with Gasteiger partial charge in [0, 0.05) is 23.1 Å². The molecule has 0 aliphatic rings. The van der Waals surface area contributed by atoms with Crippen LogP contribution in [0.25, 0.3) is 12.2 Å². The number of hydrogen-bond donors (Lipinski definition) is 0. The minimum Gasteiger partial charge on any atom is -0.497 e. The first-order valence-corrected chi connectivity index (χ1v) is 11.0. The van der Waals surface area contributed by atoms with Crippen molar-refractivity contribution in [3.05, 3.63) is 113 Å². The van der Waals surface area contributed by atoms with Crippen LogP contribution in [0.5, 0.6) is 11.5 Å². The highest BCUT2D eigenvalue weighted by molar-refractivity contribution is 5.78. The summed E-state index contributed by atoms with van der Waals surface area (Å²) in [4.78, 5) is 2.28. The van der Waals surface area contributed by atoms with E-state index in [0.29, 0.717) is 0 Å². The predicted molar refractivity (Wildman–Crippen MR) is 139 cm³/mol. The van der Waals surface area contributed by atoms with Gasteiger partial charge < -0.3 is 14.4 Å². The molecule has 0 fully saturated rings. The van der Waals surface area contributed by atoms with Crippen LogP contribution < -0.4 is 14.4 Å². The molecule has 3 heteroatoms. The third-order valence-corrected chi connectivity index (χ3v) is 5.58. The summed E-state index contributed by atoms with van der Waals surface area (Å²) in [5.41, 5.74) is 8.02. The first-order chi connectivity index (χ1) is 16.1. The molecule has 0 radical (unpaired) electrons. The molecular weight excluding hydrogens is 406 g/mol. The van der Waals surface area contributed by atoms with Gasteiger partial charge in [0.05, 0.1) is 14.2 Å². The van der Waals surface area contributed by atoms with Gasteiger partial charge in [-0.15, -0.1) is 0 Å². The van der Waals surface area contributed by atoms with Crippen LogP contribution in [0.3, 0.4) is 0 Å². The lowest BCUT2D eigenvalue weighted by atomic mass is 10.1. The molecule has 33 heavy (non-hydrogen) atoms. The summed E-state index contributed by atoms with van der Waals surface area (Å²) >= 11 is 0. The van der Waals surface area contributed by atoms with Crippen LogP contribution >= 0.6 is 0 Å². The molecule has 0 unspecified atom stereocenters. The van der Waals surface area contributed by atoms with Gasteiger partial charge in [-0.05, 0) is 73.5 Å². The number of benzene rings is 4. The van der Waals surface area contributed by atoms with E-state index < -0.39 is 0 Å². The highest BCUT2D eigenvalue weighted by Gasteiger charge is 2.12. The lowest BCUT2D eigenvalue weighted by Crippen LogP contribution is -2.09. The fourth-order valence-electron chi connectivity index (χ4n) is 3.69. The highest BCUT2D eigenvalue weighted by Crippen LogP contribution is 2.35. The Labute approximate surface area is 196 Å². The van der Waals surface area contributed by atoms with Crippen LogP contribution in [0.2, 0.25) is 0 Å². The van der Waals surface area contributed by atoms with Crippen molar-refractivity contribution in [2.45, 2.75) is 13.8 Å². The number of nitrogens with zero attached hydrogens (tertiary/aromatic N) is 1. The van der Waals surface area contributed by atoms with Gasteiger partial charge in [0.1, 0.15) is 11.5 Å². The Morgan fingerprint density at radius 3 is 1.33 bits per heavy atom. The van der Waals surface area contributed by atoms with E-state index in [0.717, 1.165) is 39.7 Å². The minimum atomic E-state index is 0.774. The van der Waals surface area contributed by atoms with Crippen LogP contribution in [-0.4, -0.2) is 14.2 Å². The monoisotopic (exact) mass is 435 g/mol. The van der Waals surface area contributed by atoms with E-state index in [4.69, 9.17) is 9.47 Å². The molecule has 0 amide bonds. The van der Waals surface area contributed by atoms with E-state index >= 15 is 0 Å². The molecule has 0 aromatic heterocycles. The van der Waals surface area contributed by atoms with E-state index in [1.54, 1.807) is 14.2 Å². The van der Waals surface area contributed by atoms with Crippen molar-refractivity contribution in [3.8, 4) is 11.5 Å². The molecule has 0 aliphatic carbocycles. The predicted octanol–water partition coefficient (Wildman–Crippen LogP) is 7.96. The number of rotatable bonds is 7. The van der Waals surface area contributed by atoms with Gasteiger partial charge in [-0.3, -0.25) is 0 Å². The number of methoxy groups -OCH3 is 2. The van der Waals surface area contributed by atoms with E-state index in [2.05, 4.69) is 104 Å². The van der Waals surface area contributed by atoms with Crippen molar-refractivity contribution in [3.63, 3.8) is 0 Å². The van der Waals surface area contributed by atoms with Crippen LogP contribution in [0.15, 0.2) is 91.0 Å². The van der Waals surface area contributed by atoms with Crippen molar-refractivity contribution in [2.75, 3.05) is 19.1 Å². The van der Waals surface area contributed by atoms with Crippen molar-refractivity contribution in [1.82, 2.24) is 0 Å². The summed E-state index contributed by atoms with van der Waals surface area (Å²) in [7, 11) is 3.32. The molecule has 4 aromatic rings. The normalized spacial score (nSPS) is 10.9. The zero-order chi connectivity index (χ0) is 23.2. The molecule has 3 nitrogen and oxygen atoms in total. The van der Waals surface area contributed by atoms with E-state index in [1.807, 2.05) is 18.2 Å². The lowest BCUT2D eigenvalue weighted by Gasteiger charge is -2.25. The topological polar surface area (TPSA) is 21.7 Å². The van der Waals surface area contributed by atoms with Crippen molar-refractivity contribution < 1.29 is 9.47 Å². The molecule has 166 valence electrons. The van der Waals surface area contributed by atoms with Crippen LogP contribution in [0.4, 0.5) is 17.1 Å². The van der Waals surface area contributed by atoms with E-state index in [9.17, 15) is 0 Å². The van der Waals surface area contributed by atoms with Gasteiger partial charge in [-0.2, -0.15) is 0 Å². The molecular formula is C30H29NO2. The maximum absolute atomic E-state index is 5.37. The van der Waals surface area contributed by atoms with Crippen LogP contribution in [-0.2, 0) is 0 Å². The van der Waals surface area contributed by atoms with Gasteiger partial charge in [-0.25, -0.2) is 0 Å². The quantitative estimate of drug-likeness (QED) is 0.275. The molecule has 4 aromatic carbocycles. The van der Waals surface area contributed by atoms with Gasteiger partial charge in [0.2, 0.25) is 0 Å². The Hall–Kier alpha value is -3.98. The Morgan fingerprint density at radius 2 is 0.909 bits per heavy atom. The standard InChI is InChI=1S/C30H29NO2/c1-22-5-13-26(14-6-22)31(27-15-7-23(2)8-16-27)28-17-11-24(12-18-28)9-10-25-19-29(32-3)21-30(20-25)33-4/h5-21H,1-4H3. The summed E-state index contributed by atoms with van der Waals surface area (Å²) in [5, 5.41) is 0. The third-order valence-electron chi connectivity index (χ3n) is 5.58. The van der Waals surface area contributed by atoms with Gasteiger partial charge >= 0.3 is 0 Å². The Balaban J connectivity index is 1.63. The van der Waals surface area contributed by atoms with Crippen molar-refractivity contribution in [1.29, 1.82) is 0 Å². The average Bonchev–Trinajstić information content (AvgIpc) is 2.85. The highest BCUT2D eigenvalue weighted by atomic mass is 16.5. The zero-order valence-electron chi connectivity index (χ0n) is 19.6. The molecule has 0 bridgehead atoms.